The largest absolute Gasteiger partial charge is 0.440 e. The van der Waals surface area contributed by atoms with E-state index in [2.05, 4.69) is 23.8 Å². The molecule has 3 heteroatoms. The van der Waals surface area contributed by atoms with Crippen molar-refractivity contribution in [1.82, 2.24) is 9.97 Å². The second kappa shape index (κ2) is 4.92. The summed E-state index contributed by atoms with van der Waals surface area (Å²) in [6, 6.07) is 3.86. The zero-order chi connectivity index (χ0) is 11.4. The maximum atomic E-state index is 5.77. The molecular weight excluding hydrogens is 200 g/mol. The molecule has 16 heavy (non-hydrogen) atoms. The van der Waals surface area contributed by atoms with Gasteiger partial charge in [0.15, 0.2) is 11.7 Å². The molecule has 0 atom stereocenters. The van der Waals surface area contributed by atoms with E-state index >= 15 is 0 Å². The second-order valence-corrected chi connectivity index (χ2v) is 3.81. The summed E-state index contributed by atoms with van der Waals surface area (Å²) >= 11 is 0. The minimum atomic E-state index is 0.426. The van der Waals surface area contributed by atoms with Gasteiger partial charge in [0.25, 0.3) is 0 Å². The van der Waals surface area contributed by atoms with Crippen molar-refractivity contribution in [2.75, 3.05) is 0 Å². The summed E-state index contributed by atoms with van der Waals surface area (Å²) in [6.45, 7) is 4.31. The first kappa shape index (κ1) is 10.9. The molecule has 0 saturated heterocycles. The van der Waals surface area contributed by atoms with E-state index in [1.54, 1.807) is 18.6 Å². The molecule has 0 bridgehead atoms. The first-order chi connectivity index (χ1) is 7.85. The van der Waals surface area contributed by atoms with Gasteiger partial charge in [-0.25, -0.2) is 4.98 Å². The highest BCUT2D eigenvalue weighted by Crippen LogP contribution is 2.26. The summed E-state index contributed by atoms with van der Waals surface area (Å²) in [6.07, 6.45) is 7.44. The lowest BCUT2D eigenvalue weighted by Crippen LogP contribution is -1.94. The molecule has 2 rings (SSSR count). The van der Waals surface area contributed by atoms with Crippen molar-refractivity contribution in [3.63, 3.8) is 0 Å². The predicted molar refractivity (Wildman–Crippen MR) is 63.1 cm³/mol. The topological polar surface area (TPSA) is 38.9 Å². The predicted octanol–water partition coefficient (Wildman–Crippen LogP) is 3.64. The van der Waals surface area contributed by atoms with Crippen LogP contribution in [0.1, 0.15) is 38.5 Å². The molecule has 0 aliphatic carbocycles. The summed E-state index contributed by atoms with van der Waals surface area (Å²) in [4.78, 5) is 8.33. The highest BCUT2D eigenvalue weighted by atomic mass is 16.4. The second-order valence-electron chi connectivity index (χ2n) is 3.81. The van der Waals surface area contributed by atoms with Gasteiger partial charge < -0.3 is 4.42 Å². The van der Waals surface area contributed by atoms with Gasteiger partial charge in [-0.05, 0) is 25.0 Å². The Morgan fingerprint density at radius 1 is 1.19 bits per heavy atom. The summed E-state index contributed by atoms with van der Waals surface area (Å²) < 4.78 is 5.77. The van der Waals surface area contributed by atoms with Crippen molar-refractivity contribution in [3.8, 4) is 11.3 Å². The first-order valence-corrected chi connectivity index (χ1v) is 5.71. The molecule has 0 aliphatic heterocycles. The maximum Gasteiger partial charge on any atom is 0.197 e. The lowest BCUT2D eigenvalue weighted by Gasteiger charge is -2.06. The zero-order valence-corrected chi connectivity index (χ0v) is 9.68. The molecule has 2 aromatic rings. The number of rotatable bonds is 4. The van der Waals surface area contributed by atoms with E-state index in [0.29, 0.717) is 5.92 Å². The molecule has 0 spiro atoms. The van der Waals surface area contributed by atoms with Gasteiger partial charge in [0.1, 0.15) is 0 Å². The summed E-state index contributed by atoms with van der Waals surface area (Å²) in [7, 11) is 0. The van der Waals surface area contributed by atoms with E-state index in [-0.39, 0.29) is 0 Å². The fourth-order valence-electron chi connectivity index (χ4n) is 1.76. The van der Waals surface area contributed by atoms with Crippen molar-refractivity contribution in [3.05, 3.63) is 36.6 Å². The highest BCUT2D eigenvalue weighted by Gasteiger charge is 2.14. The summed E-state index contributed by atoms with van der Waals surface area (Å²) in [5.41, 5.74) is 1.03. The molecular formula is C13H16N2O. The number of aromatic nitrogens is 2. The van der Waals surface area contributed by atoms with Crippen LogP contribution < -0.4 is 0 Å². The number of oxazole rings is 1. The van der Waals surface area contributed by atoms with Crippen molar-refractivity contribution in [2.24, 2.45) is 0 Å². The van der Waals surface area contributed by atoms with Gasteiger partial charge in [-0.3, -0.25) is 4.98 Å². The maximum absolute atomic E-state index is 5.77. The Kier molecular flexibility index (Phi) is 3.34. The lowest BCUT2D eigenvalue weighted by atomic mass is 10.0. The van der Waals surface area contributed by atoms with Gasteiger partial charge in [-0.15, -0.1) is 0 Å². The summed E-state index contributed by atoms with van der Waals surface area (Å²) in [5.74, 6) is 2.09. The smallest absolute Gasteiger partial charge is 0.197 e. The number of hydrogen-bond acceptors (Lipinski definition) is 3. The van der Waals surface area contributed by atoms with Gasteiger partial charge in [0, 0.05) is 23.9 Å². The third-order valence-electron chi connectivity index (χ3n) is 2.82. The summed E-state index contributed by atoms with van der Waals surface area (Å²) in [5, 5.41) is 0. The Labute approximate surface area is 95.5 Å². The molecule has 0 amide bonds. The van der Waals surface area contributed by atoms with Crippen LogP contribution in [0.4, 0.5) is 0 Å². The van der Waals surface area contributed by atoms with Gasteiger partial charge in [-0.1, -0.05) is 13.8 Å². The van der Waals surface area contributed by atoms with Crippen LogP contribution in [0.3, 0.4) is 0 Å². The van der Waals surface area contributed by atoms with E-state index in [1.807, 2.05) is 12.1 Å². The normalized spacial score (nSPS) is 10.9. The number of nitrogens with zero attached hydrogens (tertiary/aromatic N) is 2. The Morgan fingerprint density at radius 2 is 1.88 bits per heavy atom. The van der Waals surface area contributed by atoms with Gasteiger partial charge >= 0.3 is 0 Å². The van der Waals surface area contributed by atoms with E-state index in [0.717, 1.165) is 30.1 Å². The van der Waals surface area contributed by atoms with Crippen molar-refractivity contribution in [1.29, 1.82) is 0 Å². The molecule has 0 aromatic carbocycles. The number of pyridine rings is 1. The molecule has 0 N–H and O–H groups in total. The fraction of sp³-hybridized carbons (Fsp3) is 0.385. The molecule has 0 fully saturated rings. The molecule has 2 heterocycles. The molecule has 0 unspecified atom stereocenters. The Bertz CT molecular complexity index is 432. The third kappa shape index (κ3) is 2.13. The quantitative estimate of drug-likeness (QED) is 0.783. The third-order valence-corrected chi connectivity index (χ3v) is 2.82. The minimum absolute atomic E-state index is 0.426. The molecule has 0 radical (unpaired) electrons. The van der Waals surface area contributed by atoms with E-state index < -0.39 is 0 Å². The minimum Gasteiger partial charge on any atom is -0.440 e. The molecule has 0 saturated carbocycles. The number of hydrogen-bond donors (Lipinski definition) is 0. The Hall–Kier alpha value is -1.64. The Balaban J connectivity index is 2.26. The molecule has 2 aromatic heterocycles. The Morgan fingerprint density at radius 3 is 2.50 bits per heavy atom. The molecule has 84 valence electrons. The first-order valence-electron chi connectivity index (χ1n) is 5.71. The van der Waals surface area contributed by atoms with Gasteiger partial charge in [0.2, 0.25) is 0 Å². The SMILES string of the molecule is CCC(CC)c1ncc(-c2ccncc2)o1. The lowest BCUT2D eigenvalue weighted by molar-refractivity contribution is 0.439. The monoisotopic (exact) mass is 216 g/mol. The average Bonchev–Trinajstić information content (AvgIpc) is 2.81. The standard InChI is InChI=1S/C13H16N2O/c1-3-10(4-2)13-15-9-12(16-13)11-5-7-14-8-6-11/h5-10H,3-4H2,1-2H3. The van der Waals surface area contributed by atoms with E-state index in [9.17, 15) is 0 Å². The van der Waals surface area contributed by atoms with Crippen LogP contribution >= 0.6 is 0 Å². The van der Waals surface area contributed by atoms with Crippen LogP contribution in [0.25, 0.3) is 11.3 Å². The van der Waals surface area contributed by atoms with Crippen molar-refractivity contribution in [2.45, 2.75) is 32.6 Å². The van der Waals surface area contributed by atoms with E-state index in [1.165, 1.54) is 0 Å². The molecule has 3 nitrogen and oxygen atoms in total. The van der Waals surface area contributed by atoms with Crippen LogP contribution in [0.5, 0.6) is 0 Å². The highest BCUT2D eigenvalue weighted by molar-refractivity contribution is 5.54. The van der Waals surface area contributed by atoms with Crippen LogP contribution in [0.2, 0.25) is 0 Å². The van der Waals surface area contributed by atoms with Gasteiger partial charge in [0.05, 0.1) is 6.20 Å². The van der Waals surface area contributed by atoms with Crippen molar-refractivity contribution < 1.29 is 4.42 Å². The zero-order valence-electron chi connectivity index (χ0n) is 9.68. The van der Waals surface area contributed by atoms with Crippen LogP contribution in [-0.2, 0) is 0 Å². The average molecular weight is 216 g/mol. The van der Waals surface area contributed by atoms with Gasteiger partial charge in [-0.2, -0.15) is 0 Å². The van der Waals surface area contributed by atoms with Crippen LogP contribution in [0, 0.1) is 0 Å². The molecule has 0 aliphatic rings. The fourth-order valence-corrected chi connectivity index (χ4v) is 1.76. The van der Waals surface area contributed by atoms with Crippen LogP contribution in [-0.4, -0.2) is 9.97 Å². The van der Waals surface area contributed by atoms with Crippen LogP contribution in [0.15, 0.2) is 35.1 Å². The van der Waals surface area contributed by atoms with E-state index in [4.69, 9.17) is 4.42 Å². The van der Waals surface area contributed by atoms with Crippen molar-refractivity contribution >= 4 is 0 Å².